The van der Waals surface area contributed by atoms with Crippen LogP contribution in [0.3, 0.4) is 0 Å². The summed E-state index contributed by atoms with van der Waals surface area (Å²) in [6.45, 7) is 6.56. The molecule has 1 aromatic rings. The average Bonchev–Trinajstić information content (AvgIpc) is 2.42. The number of phenolic OH excluding ortho intramolecular Hbond substituents is 1. The van der Waals surface area contributed by atoms with E-state index in [1.54, 1.807) is 25.1 Å². The number of piperazine rings is 1. The fraction of sp³-hybridized carbons (Fsp3) is 0.500. The van der Waals surface area contributed by atoms with Crippen molar-refractivity contribution in [3.05, 3.63) is 29.3 Å². The first kappa shape index (κ1) is 13.8. The minimum atomic E-state index is 0.0375. The van der Waals surface area contributed by atoms with E-state index in [2.05, 4.69) is 4.90 Å². The van der Waals surface area contributed by atoms with E-state index in [0.717, 1.165) is 38.3 Å². The molecule has 19 heavy (non-hydrogen) atoms. The minimum absolute atomic E-state index is 0.0375. The molecule has 1 amide bonds. The highest BCUT2D eigenvalue weighted by atomic mass is 16.3. The standard InChI is InChI=1S/C14H21N3O2/c1-11-10-12(2-3-13(11)18)14(19)17-8-6-16(5-4-15)7-9-17/h2-3,10,18H,4-9,15H2,1H3. The number of rotatable bonds is 3. The molecule has 1 heterocycles. The molecule has 0 bridgehead atoms. The summed E-state index contributed by atoms with van der Waals surface area (Å²) in [5.74, 6) is 0.264. The number of amides is 1. The van der Waals surface area contributed by atoms with Crippen molar-refractivity contribution in [3.8, 4) is 5.75 Å². The Kier molecular flexibility index (Phi) is 4.39. The van der Waals surface area contributed by atoms with Crippen LogP contribution in [0, 0.1) is 6.92 Å². The van der Waals surface area contributed by atoms with Gasteiger partial charge in [-0.3, -0.25) is 9.69 Å². The summed E-state index contributed by atoms with van der Waals surface area (Å²) in [7, 11) is 0. The molecular formula is C14H21N3O2. The lowest BCUT2D eigenvalue weighted by Gasteiger charge is -2.34. The van der Waals surface area contributed by atoms with Gasteiger partial charge in [0.1, 0.15) is 5.75 Å². The van der Waals surface area contributed by atoms with E-state index in [1.165, 1.54) is 0 Å². The molecule has 1 aliphatic heterocycles. The highest BCUT2D eigenvalue weighted by Crippen LogP contribution is 2.18. The molecule has 0 radical (unpaired) electrons. The van der Waals surface area contributed by atoms with Crippen molar-refractivity contribution in [3.63, 3.8) is 0 Å². The number of nitrogens with zero attached hydrogens (tertiary/aromatic N) is 2. The minimum Gasteiger partial charge on any atom is -0.508 e. The van der Waals surface area contributed by atoms with E-state index in [1.807, 2.05) is 4.90 Å². The molecule has 0 unspecified atom stereocenters. The van der Waals surface area contributed by atoms with Crippen molar-refractivity contribution in [2.24, 2.45) is 5.73 Å². The lowest BCUT2D eigenvalue weighted by atomic mass is 10.1. The summed E-state index contributed by atoms with van der Waals surface area (Å²) >= 11 is 0. The predicted molar refractivity (Wildman–Crippen MR) is 74.2 cm³/mol. The molecule has 2 rings (SSSR count). The van der Waals surface area contributed by atoms with Gasteiger partial charge in [0.2, 0.25) is 0 Å². The van der Waals surface area contributed by atoms with Crippen LogP contribution in [0.15, 0.2) is 18.2 Å². The van der Waals surface area contributed by atoms with Crippen molar-refractivity contribution in [1.82, 2.24) is 9.80 Å². The van der Waals surface area contributed by atoms with Gasteiger partial charge in [-0.1, -0.05) is 0 Å². The fourth-order valence-electron chi connectivity index (χ4n) is 2.33. The van der Waals surface area contributed by atoms with Gasteiger partial charge < -0.3 is 15.7 Å². The number of carbonyl (C=O) groups is 1. The van der Waals surface area contributed by atoms with Gasteiger partial charge in [0.25, 0.3) is 5.91 Å². The molecule has 1 saturated heterocycles. The van der Waals surface area contributed by atoms with Gasteiger partial charge in [0.05, 0.1) is 0 Å². The Labute approximate surface area is 113 Å². The molecule has 0 aromatic heterocycles. The number of phenols is 1. The smallest absolute Gasteiger partial charge is 0.253 e. The molecule has 3 N–H and O–H groups in total. The lowest BCUT2D eigenvalue weighted by Crippen LogP contribution is -2.49. The maximum absolute atomic E-state index is 12.3. The van der Waals surface area contributed by atoms with Gasteiger partial charge in [0.15, 0.2) is 0 Å². The third-order valence-corrected chi connectivity index (χ3v) is 3.55. The average molecular weight is 263 g/mol. The molecule has 104 valence electrons. The number of aryl methyl sites for hydroxylation is 1. The predicted octanol–water partition coefficient (Wildman–Crippen LogP) is 0.417. The second kappa shape index (κ2) is 6.04. The SMILES string of the molecule is Cc1cc(C(=O)N2CCN(CCN)CC2)ccc1O. The molecule has 1 aromatic carbocycles. The maximum atomic E-state index is 12.3. The topological polar surface area (TPSA) is 69.8 Å². The van der Waals surface area contributed by atoms with E-state index < -0.39 is 0 Å². The van der Waals surface area contributed by atoms with E-state index >= 15 is 0 Å². The first-order valence-electron chi connectivity index (χ1n) is 6.63. The van der Waals surface area contributed by atoms with Crippen LogP contribution in [0.4, 0.5) is 0 Å². The van der Waals surface area contributed by atoms with Gasteiger partial charge in [-0.25, -0.2) is 0 Å². The second-order valence-electron chi connectivity index (χ2n) is 4.92. The third-order valence-electron chi connectivity index (χ3n) is 3.55. The van der Waals surface area contributed by atoms with Crippen molar-refractivity contribution < 1.29 is 9.90 Å². The highest BCUT2D eigenvalue weighted by Gasteiger charge is 2.21. The largest absolute Gasteiger partial charge is 0.508 e. The van der Waals surface area contributed by atoms with Gasteiger partial charge >= 0.3 is 0 Å². The van der Waals surface area contributed by atoms with E-state index in [-0.39, 0.29) is 11.7 Å². The summed E-state index contributed by atoms with van der Waals surface area (Å²) < 4.78 is 0. The molecule has 0 aliphatic carbocycles. The first-order chi connectivity index (χ1) is 9.11. The maximum Gasteiger partial charge on any atom is 0.253 e. The number of hydrogen-bond acceptors (Lipinski definition) is 4. The highest BCUT2D eigenvalue weighted by molar-refractivity contribution is 5.94. The Morgan fingerprint density at radius 1 is 1.32 bits per heavy atom. The van der Waals surface area contributed by atoms with Crippen molar-refractivity contribution in [2.75, 3.05) is 39.3 Å². The van der Waals surface area contributed by atoms with E-state index in [0.29, 0.717) is 12.1 Å². The molecule has 5 nitrogen and oxygen atoms in total. The third kappa shape index (κ3) is 3.24. The second-order valence-corrected chi connectivity index (χ2v) is 4.92. The number of aromatic hydroxyl groups is 1. The summed E-state index contributed by atoms with van der Waals surface area (Å²) in [5, 5.41) is 9.49. The Morgan fingerprint density at radius 2 is 2.00 bits per heavy atom. The fourth-order valence-corrected chi connectivity index (χ4v) is 2.33. The molecule has 0 saturated carbocycles. The van der Waals surface area contributed by atoms with Gasteiger partial charge in [-0.2, -0.15) is 0 Å². The van der Waals surface area contributed by atoms with Gasteiger partial charge in [0, 0.05) is 44.8 Å². The molecule has 1 fully saturated rings. The van der Waals surface area contributed by atoms with Crippen molar-refractivity contribution >= 4 is 5.91 Å². The zero-order chi connectivity index (χ0) is 13.8. The van der Waals surface area contributed by atoms with Gasteiger partial charge in [-0.05, 0) is 30.7 Å². The summed E-state index contributed by atoms with van der Waals surface area (Å²) in [6.07, 6.45) is 0. The number of nitrogens with two attached hydrogens (primary N) is 1. The normalized spacial score (nSPS) is 16.6. The molecule has 0 atom stereocenters. The summed E-state index contributed by atoms with van der Waals surface area (Å²) in [5.41, 5.74) is 6.90. The molecule has 5 heteroatoms. The van der Waals surface area contributed by atoms with Gasteiger partial charge in [-0.15, -0.1) is 0 Å². The van der Waals surface area contributed by atoms with Crippen LogP contribution in [-0.2, 0) is 0 Å². The van der Waals surface area contributed by atoms with Crippen molar-refractivity contribution in [2.45, 2.75) is 6.92 Å². The Bertz CT molecular complexity index is 454. The first-order valence-corrected chi connectivity index (χ1v) is 6.63. The lowest BCUT2D eigenvalue weighted by molar-refractivity contribution is 0.0641. The number of benzene rings is 1. The van der Waals surface area contributed by atoms with Crippen LogP contribution < -0.4 is 5.73 Å². The van der Waals surface area contributed by atoms with Crippen LogP contribution in [0.5, 0.6) is 5.75 Å². The number of carbonyl (C=O) groups excluding carboxylic acids is 1. The van der Waals surface area contributed by atoms with E-state index in [9.17, 15) is 9.90 Å². The van der Waals surface area contributed by atoms with E-state index in [4.69, 9.17) is 5.73 Å². The Morgan fingerprint density at radius 3 is 2.58 bits per heavy atom. The van der Waals surface area contributed by atoms with Crippen molar-refractivity contribution in [1.29, 1.82) is 0 Å². The molecular weight excluding hydrogens is 242 g/mol. The monoisotopic (exact) mass is 263 g/mol. The molecule has 0 spiro atoms. The summed E-state index contributed by atoms with van der Waals surface area (Å²) in [6, 6.07) is 4.99. The van der Waals surface area contributed by atoms with Crippen LogP contribution in [-0.4, -0.2) is 60.1 Å². The zero-order valence-corrected chi connectivity index (χ0v) is 11.3. The Hall–Kier alpha value is -1.59. The molecule has 1 aliphatic rings. The number of hydrogen-bond donors (Lipinski definition) is 2. The van der Waals surface area contributed by atoms with Crippen LogP contribution in [0.2, 0.25) is 0 Å². The van der Waals surface area contributed by atoms with Crippen LogP contribution in [0.1, 0.15) is 15.9 Å². The zero-order valence-electron chi connectivity index (χ0n) is 11.3. The quantitative estimate of drug-likeness (QED) is 0.829. The Balaban J connectivity index is 1.99. The summed E-state index contributed by atoms with van der Waals surface area (Å²) in [4.78, 5) is 16.5. The van der Waals surface area contributed by atoms with Crippen LogP contribution in [0.25, 0.3) is 0 Å². The van der Waals surface area contributed by atoms with Crippen LogP contribution >= 0.6 is 0 Å².